The van der Waals surface area contributed by atoms with Crippen molar-refractivity contribution in [1.82, 2.24) is 0 Å². The average Bonchev–Trinajstić information content (AvgIpc) is 2.18. The van der Waals surface area contributed by atoms with E-state index in [9.17, 15) is 13.2 Å². The summed E-state index contributed by atoms with van der Waals surface area (Å²) in [6, 6.07) is 6.25. The van der Waals surface area contributed by atoms with E-state index in [1.807, 2.05) is 6.07 Å². The van der Waals surface area contributed by atoms with Crippen LogP contribution in [-0.2, 0) is 0 Å². The molecule has 86 valence electrons. The summed E-state index contributed by atoms with van der Waals surface area (Å²) in [7, 11) is 0. The van der Waals surface area contributed by atoms with Crippen LogP contribution in [0.2, 0.25) is 5.02 Å². The van der Waals surface area contributed by atoms with Crippen LogP contribution in [0, 0.1) is 11.3 Å². The molecule has 0 heterocycles. The van der Waals surface area contributed by atoms with Gasteiger partial charge in [-0.25, -0.2) is 0 Å². The Labute approximate surface area is 95.6 Å². The van der Waals surface area contributed by atoms with E-state index in [4.69, 9.17) is 16.9 Å². The maximum absolute atomic E-state index is 11.9. The molecule has 0 bridgehead atoms. The molecule has 1 aromatic carbocycles. The molecule has 0 aliphatic carbocycles. The smallest absolute Gasteiger partial charge is 0.384 e. The van der Waals surface area contributed by atoms with Crippen molar-refractivity contribution < 1.29 is 13.2 Å². The minimum atomic E-state index is -4.19. The van der Waals surface area contributed by atoms with Crippen molar-refractivity contribution in [2.75, 3.05) is 11.9 Å². The lowest BCUT2D eigenvalue weighted by molar-refractivity contribution is -0.131. The minimum absolute atomic E-state index is 0.237. The molecule has 0 amide bonds. The van der Waals surface area contributed by atoms with Crippen LogP contribution in [0.1, 0.15) is 12.0 Å². The molecule has 0 aliphatic rings. The summed E-state index contributed by atoms with van der Waals surface area (Å²) in [5, 5.41) is 11.4. The summed E-state index contributed by atoms with van der Waals surface area (Å²) >= 11 is 5.76. The number of alkyl halides is 3. The summed E-state index contributed by atoms with van der Waals surface area (Å²) < 4.78 is 35.6. The summed E-state index contributed by atoms with van der Waals surface area (Å²) in [4.78, 5) is 0. The van der Waals surface area contributed by atoms with Crippen molar-refractivity contribution in [3.63, 3.8) is 0 Å². The van der Waals surface area contributed by atoms with E-state index in [1.165, 1.54) is 18.2 Å². The fraction of sp³-hybridized carbons (Fsp3) is 0.300. The fourth-order valence-electron chi connectivity index (χ4n) is 1.07. The number of rotatable bonds is 3. The number of nitrogens with zero attached hydrogens (tertiary/aromatic N) is 1. The van der Waals surface area contributed by atoms with Gasteiger partial charge in [-0.2, -0.15) is 18.4 Å². The lowest BCUT2D eigenvalue weighted by Crippen LogP contribution is -2.14. The maximum Gasteiger partial charge on any atom is 0.390 e. The molecule has 0 aliphatic heterocycles. The van der Waals surface area contributed by atoms with Gasteiger partial charge in [-0.05, 0) is 18.2 Å². The molecule has 0 aromatic heterocycles. The van der Waals surface area contributed by atoms with E-state index in [0.29, 0.717) is 11.3 Å². The number of hydrogen-bond acceptors (Lipinski definition) is 2. The second kappa shape index (κ2) is 5.08. The molecule has 6 heteroatoms. The zero-order valence-electron chi connectivity index (χ0n) is 8.11. The van der Waals surface area contributed by atoms with Gasteiger partial charge in [0.15, 0.2) is 0 Å². The highest BCUT2D eigenvalue weighted by Gasteiger charge is 2.26. The van der Waals surface area contributed by atoms with Crippen molar-refractivity contribution in [3.05, 3.63) is 28.8 Å². The lowest BCUT2D eigenvalue weighted by Gasteiger charge is -2.10. The first-order valence-electron chi connectivity index (χ1n) is 4.42. The summed E-state index contributed by atoms with van der Waals surface area (Å²) in [6.07, 6.45) is -5.12. The van der Waals surface area contributed by atoms with Crippen LogP contribution in [0.15, 0.2) is 18.2 Å². The summed E-state index contributed by atoms with van der Waals surface area (Å²) in [5.41, 5.74) is 0.760. The number of hydrogen-bond donors (Lipinski definition) is 1. The highest BCUT2D eigenvalue weighted by molar-refractivity contribution is 6.33. The first-order valence-corrected chi connectivity index (χ1v) is 4.80. The third-order valence-corrected chi connectivity index (χ3v) is 2.13. The monoisotopic (exact) mass is 248 g/mol. The summed E-state index contributed by atoms with van der Waals surface area (Å²) in [5.74, 6) is 0. The van der Waals surface area contributed by atoms with E-state index in [1.54, 1.807) is 0 Å². The van der Waals surface area contributed by atoms with Crippen LogP contribution in [-0.4, -0.2) is 12.7 Å². The predicted molar refractivity (Wildman–Crippen MR) is 55.3 cm³/mol. The van der Waals surface area contributed by atoms with Crippen LogP contribution in [0.3, 0.4) is 0 Å². The van der Waals surface area contributed by atoms with Gasteiger partial charge in [0.2, 0.25) is 0 Å². The molecule has 1 N–H and O–H groups in total. The van der Waals surface area contributed by atoms with Gasteiger partial charge in [-0.1, -0.05) is 11.6 Å². The number of nitrogens with one attached hydrogen (secondary N) is 1. The van der Waals surface area contributed by atoms with Gasteiger partial charge >= 0.3 is 6.18 Å². The van der Waals surface area contributed by atoms with E-state index in [0.717, 1.165) is 0 Å². The van der Waals surface area contributed by atoms with Crippen LogP contribution in [0.5, 0.6) is 0 Å². The van der Waals surface area contributed by atoms with Crippen molar-refractivity contribution in [1.29, 1.82) is 5.26 Å². The van der Waals surface area contributed by atoms with Crippen molar-refractivity contribution in [2.45, 2.75) is 12.6 Å². The normalized spacial score (nSPS) is 10.9. The van der Waals surface area contributed by atoms with Crippen LogP contribution < -0.4 is 5.32 Å². The molecule has 1 aromatic rings. The molecule has 0 radical (unpaired) electrons. The third kappa shape index (κ3) is 3.99. The van der Waals surface area contributed by atoms with Gasteiger partial charge in [0, 0.05) is 6.54 Å². The highest BCUT2D eigenvalue weighted by Crippen LogP contribution is 2.24. The molecule has 0 unspecified atom stereocenters. The van der Waals surface area contributed by atoms with Crippen LogP contribution >= 0.6 is 11.6 Å². The molecule has 0 saturated heterocycles. The maximum atomic E-state index is 11.9. The van der Waals surface area contributed by atoms with Crippen LogP contribution in [0.4, 0.5) is 18.9 Å². The van der Waals surface area contributed by atoms with Gasteiger partial charge in [0.1, 0.15) is 0 Å². The van der Waals surface area contributed by atoms with E-state index >= 15 is 0 Å². The average molecular weight is 249 g/mol. The molecule has 16 heavy (non-hydrogen) atoms. The first-order chi connectivity index (χ1) is 7.42. The van der Waals surface area contributed by atoms with Gasteiger partial charge in [0.25, 0.3) is 0 Å². The number of benzene rings is 1. The van der Waals surface area contributed by atoms with Crippen molar-refractivity contribution in [3.8, 4) is 6.07 Å². The molecular weight excluding hydrogens is 241 g/mol. The Morgan fingerprint density at radius 1 is 1.38 bits per heavy atom. The largest absolute Gasteiger partial charge is 0.390 e. The Morgan fingerprint density at radius 2 is 2.06 bits per heavy atom. The second-order valence-electron chi connectivity index (χ2n) is 3.10. The van der Waals surface area contributed by atoms with Gasteiger partial charge in [-0.3, -0.25) is 0 Å². The first kappa shape index (κ1) is 12.7. The second-order valence-corrected chi connectivity index (χ2v) is 3.51. The topological polar surface area (TPSA) is 35.8 Å². The zero-order chi connectivity index (χ0) is 12.2. The molecule has 1 rings (SSSR count). The Bertz CT molecular complexity index is 410. The quantitative estimate of drug-likeness (QED) is 0.888. The Morgan fingerprint density at radius 3 is 2.56 bits per heavy atom. The Kier molecular flexibility index (Phi) is 4.02. The zero-order valence-corrected chi connectivity index (χ0v) is 8.86. The molecule has 0 atom stereocenters. The molecule has 2 nitrogen and oxygen atoms in total. The predicted octanol–water partition coefficient (Wildman–Crippen LogP) is 3.58. The fourth-order valence-corrected chi connectivity index (χ4v) is 1.31. The Balaban J connectivity index is 2.59. The number of nitriles is 1. The minimum Gasteiger partial charge on any atom is -0.384 e. The molecular formula is C10H8ClF3N2. The van der Waals surface area contributed by atoms with Gasteiger partial charge in [0.05, 0.1) is 28.8 Å². The van der Waals surface area contributed by atoms with Crippen LogP contribution in [0.25, 0.3) is 0 Å². The summed E-state index contributed by atoms with van der Waals surface area (Å²) in [6.45, 7) is -0.241. The SMILES string of the molecule is N#Cc1ccc(NCCC(F)(F)F)c(Cl)c1. The van der Waals surface area contributed by atoms with Gasteiger partial charge < -0.3 is 5.32 Å². The standard InChI is InChI=1S/C10H8ClF3N2/c11-8-5-7(6-15)1-2-9(8)16-4-3-10(12,13)14/h1-2,5,16H,3-4H2. The number of halogens is 4. The van der Waals surface area contributed by atoms with E-state index in [2.05, 4.69) is 5.32 Å². The molecule has 0 saturated carbocycles. The Hall–Kier alpha value is -1.41. The molecule has 0 fully saturated rings. The van der Waals surface area contributed by atoms with E-state index < -0.39 is 12.6 Å². The van der Waals surface area contributed by atoms with Crippen molar-refractivity contribution in [2.24, 2.45) is 0 Å². The van der Waals surface area contributed by atoms with E-state index in [-0.39, 0.29) is 11.6 Å². The third-order valence-electron chi connectivity index (χ3n) is 1.82. The highest BCUT2D eigenvalue weighted by atomic mass is 35.5. The molecule has 0 spiro atoms. The van der Waals surface area contributed by atoms with Crippen molar-refractivity contribution >= 4 is 17.3 Å². The van der Waals surface area contributed by atoms with Gasteiger partial charge in [-0.15, -0.1) is 0 Å². The lowest BCUT2D eigenvalue weighted by atomic mass is 10.2. The number of anilines is 1.